The number of fused-ring (bicyclic) bond motifs is 5. The summed E-state index contributed by atoms with van der Waals surface area (Å²) in [4.78, 5) is 0. The number of benzene rings is 5. The van der Waals surface area contributed by atoms with Crippen molar-refractivity contribution in [3.63, 3.8) is 0 Å². The summed E-state index contributed by atoms with van der Waals surface area (Å²) < 4.78 is 13.2. The van der Waals surface area contributed by atoms with Crippen molar-refractivity contribution in [2.45, 2.75) is 45.6 Å². The molecule has 0 saturated carbocycles. The van der Waals surface area contributed by atoms with E-state index in [2.05, 4.69) is 185 Å². The molecular formula is C54H42O2Si. The smallest absolute Gasteiger partial charge is 0.131 e. The second kappa shape index (κ2) is 13.1. The van der Waals surface area contributed by atoms with Gasteiger partial charge in [0.15, 0.2) is 0 Å². The molecule has 0 radical (unpaired) electrons. The minimum absolute atomic E-state index is 0.0270. The number of furan rings is 2. The molecule has 3 heteroatoms. The first-order valence-electron chi connectivity index (χ1n) is 20.1. The highest BCUT2D eigenvalue weighted by Crippen LogP contribution is 2.55. The first-order chi connectivity index (χ1) is 27.9. The van der Waals surface area contributed by atoms with Crippen LogP contribution in [0.25, 0.3) is 56.7 Å². The van der Waals surface area contributed by atoms with Crippen LogP contribution in [0.2, 0.25) is 0 Å². The quantitative estimate of drug-likeness (QED) is 0.158. The summed E-state index contributed by atoms with van der Waals surface area (Å²) in [5.74, 6) is 3.82. The summed E-state index contributed by atoms with van der Waals surface area (Å²) in [6.45, 7) is 8.63. The zero-order valence-electron chi connectivity index (χ0n) is 32.7. The molecule has 5 aromatic carbocycles. The van der Waals surface area contributed by atoms with Crippen LogP contribution in [0.3, 0.4) is 0 Å². The van der Waals surface area contributed by atoms with E-state index in [9.17, 15) is 0 Å². The van der Waals surface area contributed by atoms with Crippen LogP contribution in [-0.2, 0) is 6.42 Å². The molecule has 8 aromatic rings. The highest BCUT2D eigenvalue weighted by molar-refractivity contribution is 6.63. The maximum Gasteiger partial charge on any atom is 0.131 e. The lowest BCUT2D eigenvalue weighted by molar-refractivity contribution is 0.519. The Labute approximate surface area is 336 Å². The van der Waals surface area contributed by atoms with Gasteiger partial charge < -0.3 is 8.83 Å². The Bertz CT molecular complexity index is 2970. The van der Waals surface area contributed by atoms with Crippen molar-refractivity contribution in [3.05, 3.63) is 218 Å². The number of hydrogen-bond acceptors (Lipinski definition) is 2. The Morgan fingerprint density at radius 3 is 1.68 bits per heavy atom. The minimum Gasteiger partial charge on any atom is -0.462 e. The van der Waals surface area contributed by atoms with Crippen LogP contribution in [0.15, 0.2) is 154 Å². The molecule has 0 amide bonds. The standard InChI is InChI=1S/C54H42O2Si/c1-32-19-23-41-43(51(32)36-13-7-5-8-14-36)30-45(47-26-21-34(3)55-47)53(41)49-28-25-40-39-18-12-11-17-38(39)29-50(40)57(49)54-42-24-20-33(2)52(37-15-9-6-10-16-37)44(42)31-46(54)48-27-22-35(4)56-48/h5-28,30-31,53-54H,29H2,1-4H3. The molecule has 2 atom stereocenters. The highest BCUT2D eigenvalue weighted by Gasteiger charge is 2.41. The zero-order chi connectivity index (χ0) is 38.4. The van der Waals surface area contributed by atoms with Crippen LogP contribution in [-0.4, -0.2) is 8.40 Å². The summed E-state index contributed by atoms with van der Waals surface area (Å²) >= 11 is 0. The van der Waals surface area contributed by atoms with Crippen molar-refractivity contribution < 1.29 is 8.83 Å². The van der Waals surface area contributed by atoms with Gasteiger partial charge in [-0.25, -0.2) is 0 Å². The van der Waals surface area contributed by atoms with Gasteiger partial charge in [0.1, 0.15) is 23.0 Å². The zero-order valence-corrected chi connectivity index (χ0v) is 33.7. The molecule has 2 unspecified atom stereocenters. The molecular weight excluding hydrogens is 709 g/mol. The van der Waals surface area contributed by atoms with Gasteiger partial charge in [0.05, 0.1) is 8.40 Å². The maximum atomic E-state index is 6.64. The lowest BCUT2D eigenvalue weighted by Crippen LogP contribution is -2.23. The van der Waals surface area contributed by atoms with E-state index in [1.165, 1.54) is 88.6 Å². The molecule has 0 spiro atoms. The first kappa shape index (κ1) is 34.0. The fraction of sp³-hybridized carbons (Fsp3) is 0.130. The van der Waals surface area contributed by atoms with Crippen molar-refractivity contribution in [1.29, 1.82) is 0 Å². The summed E-state index contributed by atoms with van der Waals surface area (Å²) in [5.41, 5.74) is 20.0. The summed E-state index contributed by atoms with van der Waals surface area (Å²) in [7, 11) is -1.56. The Kier molecular flexibility index (Phi) is 7.84. The van der Waals surface area contributed by atoms with E-state index in [4.69, 9.17) is 8.83 Å². The van der Waals surface area contributed by atoms with E-state index >= 15 is 0 Å². The summed E-state index contributed by atoms with van der Waals surface area (Å²) in [6.07, 6.45) is 5.89. The average Bonchev–Trinajstić information content (AvgIpc) is 4.07. The van der Waals surface area contributed by atoms with Crippen LogP contribution in [0.4, 0.5) is 0 Å². The van der Waals surface area contributed by atoms with E-state index in [1.807, 2.05) is 0 Å². The molecule has 0 saturated heterocycles. The second-order valence-corrected chi connectivity index (χ2v) is 18.7. The molecule has 3 aromatic heterocycles. The Hall–Kier alpha value is -6.29. The van der Waals surface area contributed by atoms with Gasteiger partial charge in [-0.1, -0.05) is 132 Å². The van der Waals surface area contributed by atoms with Crippen LogP contribution in [0, 0.1) is 27.7 Å². The van der Waals surface area contributed by atoms with E-state index in [1.54, 1.807) is 5.17 Å². The number of aryl methyl sites for hydroxylation is 4. The minimum atomic E-state index is -1.56. The van der Waals surface area contributed by atoms with Gasteiger partial charge in [0, 0.05) is 22.6 Å². The van der Waals surface area contributed by atoms with Gasteiger partial charge in [-0.2, -0.15) is 0 Å². The number of rotatable bonds is 6. The van der Waals surface area contributed by atoms with Crippen molar-refractivity contribution >= 4 is 31.7 Å². The van der Waals surface area contributed by atoms with Crippen molar-refractivity contribution in [1.82, 2.24) is 0 Å². The number of hydrogen-bond donors (Lipinski definition) is 0. The van der Waals surface area contributed by atoms with Crippen molar-refractivity contribution in [2.75, 3.05) is 0 Å². The molecule has 3 heterocycles. The molecule has 0 bridgehead atoms. The van der Waals surface area contributed by atoms with Crippen molar-refractivity contribution in [2.24, 2.45) is 0 Å². The third kappa shape index (κ3) is 5.33. The van der Waals surface area contributed by atoms with Gasteiger partial charge in [-0.3, -0.25) is 0 Å². The molecule has 57 heavy (non-hydrogen) atoms. The third-order valence-electron chi connectivity index (χ3n) is 12.7. The monoisotopic (exact) mass is 750 g/mol. The summed E-state index contributed by atoms with van der Waals surface area (Å²) in [6, 6.07) is 54.0. The average molecular weight is 751 g/mol. The predicted molar refractivity (Wildman–Crippen MR) is 236 cm³/mol. The lowest BCUT2D eigenvalue weighted by atomic mass is 9.88. The third-order valence-corrected chi connectivity index (χ3v) is 16.0. The molecule has 0 fully saturated rings. The van der Waals surface area contributed by atoms with Gasteiger partial charge in [0.2, 0.25) is 0 Å². The lowest BCUT2D eigenvalue weighted by Gasteiger charge is -2.28. The van der Waals surface area contributed by atoms with Gasteiger partial charge >= 0.3 is 0 Å². The van der Waals surface area contributed by atoms with Crippen molar-refractivity contribution in [3.8, 4) is 33.4 Å². The van der Waals surface area contributed by atoms with Crippen LogP contribution in [0.5, 0.6) is 0 Å². The van der Waals surface area contributed by atoms with E-state index in [0.717, 1.165) is 29.5 Å². The topological polar surface area (TPSA) is 26.3 Å². The normalized spacial score (nSPS) is 16.2. The SMILES string of the molecule is Cc1ccc(C2=Cc3c(ccc(C)c3-c3ccccc3)C2c2ccc3c([si]2C2C(c4ccc(C)o4)=Cc4c2ccc(C)c4-c2ccccc2)Cc2ccccc2-3)o1. The van der Waals surface area contributed by atoms with Gasteiger partial charge in [-0.05, 0) is 143 Å². The molecule has 3 aliphatic carbocycles. The number of allylic oxidation sites excluding steroid dienone is 2. The fourth-order valence-electron chi connectivity index (χ4n) is 10.2. The molecule has 274 valence electrons. The molecule has 3 aliphatic rings. The molecule has 11 rings (SSSR count). The van der Waals surface area contributed by atoms with E-state index < -0.39 is 8.40 Å². The summed E-state index contributed by atoms with van der Waals surface area (Å²) in [5, 5.41) is 3.09. The van der Waals surface area contributed by atoms with Crippen LogP contribution >= 0.6 is 0 Å². The Morgan fingerprint density at radius 2 is 1.05 bits per heavy atom. The first-order valence-corrected chi connectivity index (χ1v) is 21.7. The van der Waals surface area contributed by atoms with Crippen LogP contribution < -0.4 is 0 Å². The molecule has 0 aliphatic heterocycles. The molecule has 0 N–H and O–H groups in total. The Morgan fingerprint density at radius 1 is 0.491 bits per heavy atom. The fourth-order valence-corrected chi connectivity index (χ4v) is 14.1. The largest absolute Gasteiger partial charge is 0.462 e. The second-order valence-electron chi connectivity index (χ2n) is 16.1. The predicted octanol–water partition coefficient (Wildman–Crippen LogP) is 13.9. The van der Waals surface area contributed by atoms with Crippen LogP contribution in [0.1, 0.15) is 83.8 Å². The maximum absolute atomic E-state index is 6.64. The van der Waals surface area contributed by atoms with Gasteiger partial charge in [0.25, 0.3) is 0 Å². The van der Waals surface area contributed by atoms with Gasteiger partial charge in [-0.15, -0.1) is 0 Å². The highest BCUT2D eigenvalue weighted by atomic mass is 28.2. The van der Waals surface area contributed by atoms with E-state index in [-0.39, 0.29) is 11.5 Å². The molecule has 2 nitrogen and oxygen atoms in total. The van der Waals surface area contributed by atoms with E-state index in [0.29, 0.717) is 0 Å². The Balaban J connectivity index is 1.23.